The summed E-state index contributed by atoms with van der Waals surface area (Å²) in [6, 6.07) is 0. The average Bonchev–Trinajstić information content (AvgIpc) is 1.77. The molecule has 12 heteroatoms. The van der Waals surface area contributed by atoms with Gasteiger partial charge in [0.25, 0.3) is 0 Å². The first-order valence-electron chi connectivity index (χ1n) is 2.99. The Morgan fingerprint density at radius 2 is 1.00 bits per heavy atom. The minimum atomic E-state index is -4.64. The summed E-state index contributed by atoms with van der Waals surface area (Å²) >= 11 is 0. The van der Waals surface area contributed by atoms with Crippen LogP contribution in [0.15, 0.2) is 0 Å². The lowest BCUT2D eigenvalue weighted by atomic mass is 10.9. The molecule has 0 radical (unpaired) electrons. The zero-order valence-electron chi connectivity index (χ0n) is 7.18. The fraction of sp³-hybridized carbons (Fsp3) is 0. The SMILES string of the molecule is Cl.Nc1nc(N)nc(N)n1.O=P(O)(O)O. The molecular weight excluding hydrogens is 250 g/mol. The van der Waals surface area contributed by atoms with Crippen LogP contribution in [0.4, 0.5) is 17.8 Å². The van der Waals surface area contributed by atoms with Gasteiger partial charge in [-0.3, -0.25) is 0 Å². The topological polar surface area (TPSA) is 194 Å². The Balaban J connectivity index is 0. The third kappa shape index (κ3) is 12.8. The molecule has 0 aliphatic heterocycles. The van der Waals surface area contributed by atoms with E-state index in [1.54, 1.807) is 0 Å². The molecule has 0 fully saturated rings. The van der Waals surface area contributed by atoms with Gasteiger partial charge in [0.2, 0.25) is 17.8 Å². The predicted molar refractivity (Wildman–Crippen MR) is 54.6 cm³/mol. The molecular formula is C3H10ClN6O4P. The Bertz CT molecular complexity index is 297. The molecule has 0 bridgehead atoms. The summed E-state index contributed by atoms with van der Waals surface area (Å²) in [5.74, 6) is 0.125. The summed E-state index contributed by atoms with van der Waals surface area (Å²) in [5, 5.41) is 0. The maximum absolute atomic E-state index is 8.88. The molecule has 0 aromatic carbocycles. The van der Waals surface area contributed by atoms with Gasteiger partial charge in [0.15, 0.2) is 0 Å². The predicted octanol–water partition coefficient (Wildman–Crippen LogP) is -1.89. The van der Waals surface area contributed by atoms with Crippen LogP contribution in [-0.4, -0.2) is 29.6 Å². The number of hydrogen-bond donors (Lipinski definition) is 6. The molecule has 88 valence electrons. The van der Waals surface area contributed by atoms with Crippen LogP contribution >= 0.6 is 20.2 Å². The highest BCUT2D eigenvalue weighted by atomic mass is 35.5. The normalized spacial score (nSPS) is 9.53. The molecule has 0 saturated heterocycles. The van der Waals surface area contributed by atoms with E-state index in [9.17, 15) is 0 Å². The average molecular weight is 261 g/mol. The van der Waals surface area contributed by atoms with Crippen LogP contribution in [0, 0.1) is 0 Å². The first-order valence-corrected chi connectivity index (χ1v) is 4.56. The third-order valence-corrected chi connectivity index (χ3v) is 0.687. The Morgan fingerprint density at radius 1 is 0.867 bits per heavy atom. The van der Waals surface area contributed by atoms with Crippen LogP contribution in [0.5, 0.6) is 0 Å². The maximum Gasteiger partial charge on any atom is 0.466 e. The van der Waals surface area contributed by atoms with Gasteiger partial charge in [0.1, 0.15) is 0 Å². The van der Waals surface area contributed by atoms with Gasteiger partial charge in [0, 0.05) is 0 Å². The quantitative estimate of drug-likeness (QED) is 0.287. The summed E-state index contributed by atoms with van der Waals surface area (Å²) < 4.78 is 8.88. The fourth-order valence-electron chi connectivity index (χ4n) is 0.427. The standard InChI is InChI=1S/C3H6N6.ClH.H3O4P/c4-1-7-2(5)9-3(6)8-1;;1-5(2,3)4/h(H6,4,5,6,7,8,9);1H;(H3,1,2,3,4). The Labute approximate surface area is 90.2 Å². The molecule has 1 aromatic rings. The highest BCUT2D eigenvalue weighted by Crippen LogP contribution is 2.25. The molecule has 9 N–H and O–H groups in total. The molecule has 1 rings (SSSR count). The van der Waals surface area contributed by atoms with Crippen LogP contribution in [-0.2, 0) is 4.57 Å². The first kappa shape index (κ1) is 16.2. The molecule has 0 unspecified atom stereocenters. The van der Waals surface area contributed by atoms with Gasteiger partial charge in [0.05, 0.1) is 0 Å². The van der Waals surface area contributed by atoms with Crippen molar-refractivity contribution in [1.29, 1.82) is 0 Å². The fourth-order valence-corrected chi connectivity index (χ4v) is 0.427. The summed E-state index contributed by atoms with van der Waals surface area (Å²) in [5.41, 5.74) is 15.4. The van der Waals surface area contributed by atoms with Gasteiger partial charge >= 0.3 is 7.82 Å². The molecule has 0 amide bonds. The number of hydrogen-bond acceptors (Lipinski definition) is 7. The lowest BCUT2D eigenvalue weighted by Crippen LogP contribution is -2.05. The highest BCUT2D eigenvalue weighted by molar-refractivity contribution is 7.45. The molecule has 10 nitrogen and oxygen atoms in total. The van der Waals surface area contributed by atoms with Crippen molar-refractivity contribution in [3.8, 4) is 0 Å². The first-order chi connectivity index (χ1) is 6.18. The Kier molecular flexibility index (Phi) is 6.85. The summed E-state index contributed by atoms with van der Waals surface area (Å²) in [6.45, 7) is 0. The second-order valence-electron chi connectivity index (χ2n) is 1.92. The maximum atomic E-state index is 8.88. The van der Waals surface area contributed by atoms with E-state index in [1.165, 1.54) is 0 Å². The molecule has 0 atom stereocenters. The van der Waals surface area contributed by atoms with Gasteiger partial charge < -0.3 is 31.9 Å². The summed E-state index contributed by atoms with van der Waals surface area (Å²) in [4.78, 5) is 32.0. The van der Waals surface area contributed by atoms with Crippen molar-refractivity contribution < 1.29 is 19.2 Å². The number of halogens is 1. The molecule has 0 saturated carbocycles. The van der Waals surface area contributed by atoms with Crippen LogP contribution < -0.4 is 17.2 Å². The van der Waals surface area contributed by atoms with Gasteiger partial charge in [-0.05, 0) is 0 Å². The third-order valence-electron chi connectivity index (χ3n) is 0.687. The number of nitrogen functional groups attached to an aromatic ring is 3. The lowest BCUT2D eigenvalue weighted by Gasteiger charge is -1.93. The molecule has 1 aromatic heterocycles. The Morgan fingerprint density at radius 3 is 1.13 bits per heavy atom. The van der Waals surface area contributed by atoms with Gasteiger partial charge in [-0.15, -0.1) is 12.4 Å². The molecule has 0 aliphatic carbocycles. The number of rotatable bonds is 0. The summed E-state index contributed by atoms with van der Waals surface area (Å²) in [6.07, 6.45) is 0. The van der Waals surface area contributed by atoms with Gasteiger partial charge in [-0.25, -0.2) is 4.57 Å². The van der Waals surface area contributed by atoms with E-state index in [1.807, 2.05) is 0 Å². The van der Waals surface area contributed by atoms with E-state index >= 15 is 0 Å². The van der Waals surface area contributed by atoms with Crippen LogP contribution in [0.2, 0.25) is 0 Å². The van der Waals surface area contributed by atoms with Gasteiger partial charge in [-0.1, -0.05) is 0 Å². The molecule has 15 heavy (non-hydrogen) atoms. The van der Waals surface area contributed by atoms with E-state index in [-0.39, 0.29) is 30.3 Å². The molecule has 0 spiro atoms. The lowest BCUT2D eigenvalue weighted by molar-refractivity contribution is 0.275. The Hall–Kier alpha value is -1.19. The minimum Gasteiger partial charge on any atom is -0.368 e. The number of anilines is 3. The van der Waals surface area contributed by atoms with Gasteiger partial charge in [-0.2, -0.15) is 15.0 Å². The van der Waals surface area contributed by atoms with Crippen molar-refractivity contribution in [2.24, 2.45) is 0 Å². The van der Waals surface area contributed by atoms with Crippen molar-refractivity contribution in [3.05, 3.63) is 0 Å². The number of phosphoric acid groups is 1. The second kappa shape index (κ2) is 6.32. The highest BCUT2D eigenvalue weighted by Gasteiger charge is 2.00. The second-order valence-corrected chi connectivity index (χ2v) is 2.95. The van der Waals surface area contributed by atoms with Crippen LogP contribution in [0.1, 0.15) is 0 Å². The number of nitrogens with zero attached hydrogens (tertiary/aromatic N) is 3. The summed E-state index contributed by atoms with van der Waals surface area (Å²) in [7, 11) is -4.64. The molecule has 0 aliphatic rings. The van der Waals surface area contributed by atoms with Crippen molar-refractivity contribution in [2.45, 2.75) is 0 Å². The monoisotopic (exact) mass is 260 g/mol. The molecule has 1 heterocycles. The minimum absolute atomic E-state index is 0. The van der Waals surface area contributed by atoms with E-state index in [2.05, 4.69) is 15.0 Å². The zero-order valence-corrected chi connectivity index (χ0v) is 8.89. The van der Waals surface area contributed by atoms with Crippen molar-refractivity contribution in [2.75, 3.05) is 17.2 Å². The van der Waals surface area contributed by atoms with E-state index < -0.39 is 7.82 Å². The number of aromatic nitrogens is 3. The van der Waals surface area contributed by atoms with E-state index in [0.29, 0.717) is 0 Å². The van der Waals surface area contributed by atoms with E-state index in [0.717, 1.165) is 0 Å². The van der Waals surface area contributed by atoms with Crippen LogP contribution in [0.3, 0.4) is 0 Å². The number of nitrogens with two attached hydrogens (primary N) is 3. The van der Waals surface area contributed by atoms with Crippen LogP contribution in [0.25, 0.3) is 0 Å². The van der Waals surface area contributed by atoms with Crippen molar-refractivity contribution in [3.63, 3.8) is 0 Å². The smallest absolute Gasteiger partial charge is 0.368 e. The largest absolute Gasteiger partial charge is 0.466 e. The van der Waals surface area contributed by atoms with E-state index in [4.69, 9.17) is 36.4 Å². The van der Waals surface area contributed by atoms with Crippen molar-refractivity contribution in [1.82, 2.24) is 15.0 Å². The van der Waals surface area contributed by atoms with Crippen molar-refractivity contribution >= 4 is 38.1 Å². The zero-order chi connectivity index (χ0) is 11.4.